The minimum Gasteiger partial charge on any atom is -0.477 e. The van der Waals surface area contributed by atoms with E-state index in [1.165, 1.54) is 25.7 Å². The van der Waals surface area contributed by atoms with Crippen molar-refractivity contribution in [2.75, 3.05) is 6.73 Å². The van der Waals surface area contributed by atoms with Gasteiger partial charge in [-0.2, -0.15) is 0 Å². The molecular weight excluding hydrogens is 340 g/mol. The summed E-state index contributed by atoms with van der Waals surface area (Å²) in [7, 11) is 0. The molecule has 0 N–H and O–H groups in total. The monoisotopic (exact) mass is 362 g/mol. The van der Waals surface area contributed by atoms with Gasteiger partial charge in [-0.25, -0.2) is 0 Å². The fourth-order valence-corrected chi connectivity index (χ4v) is 4.38. The number of hydrogen-bond donors (Lipinski definition) is 0. The first-order chi connectivity index (χ1) is 13.2. The van der Waals surface area contributed by atoms with Gasteiger partial charge in [0.25, 0.3) is 0 Å². The van der Waals surface area contributed by atoms with Crippen LogP contribution in [-0.2, 0) is 6.54 Å². The lowest BCUT2D eigenvalue weighted by atomic mass is 9.99. The van der Waals surface area contributed by atoms with E-state index in [0.717, 1.165) is 29.0 Å². The number of benzene rings is 1. The van der Waals surface area contributed by atoms with Gasteiger partial charge in [0.05, 0.1) is 5.56 Å². The Hall–Kier alpha value is -2.66. The molecule has 1 saturated carbocycles. The number of carbonyl (C=O) groups excluding carboxylic acids is 1. The standard InChI is InChI=1S/C22H22N2O3/c1-14-21-16(12-24(13-26-21)17-4-2-3-5-17)11-18-20(25)19(27-22(14)18)10-15-6-8-23-9-7-15/h6-11,17H,2-5,12-13H2,1H3/b19-10-. The molecule has 1 fully saturated rings. The molecule has 5 rings (SSSR count). The number of carbonyl (C=O) groups is 1. The third-order valence-corrected chi connectivity index (χ3v) is 5.81. The van der Waals surface area contributed by atoms with Gasteiger partial charge in [-0.1, -0.05) is 12.8 Å². The summed E-state index contributed by atoms with van der Waals surface area (Å²) in [6, 6.07) is 6.27. The summed E-state index contributed by atoms with van der Waals surface area (Å²) >= 11 is 0. The molecule has 2 aliphatic heterocycles. The maximum atomic E-state index is 12.9. The predicted molar refractivity (Wildman–Crippen MR) is 102 cm³/mol. The highest BCUT2D eigenvalue weighted by molar-refractivity contribution is 6.15. The lowest BCUT2D eigenvalue weighted by Gasteiger charge is -2.34. The molecule has 5 heteroatoms. The van der Waals surface area contributed by atoms with Crippen LogP contribution in [0.15, 0.2) is 36.4 Å². The van der Waals surface area contributed by atoms with Gasteiger partial charge in [-0.15, -0.1) is 0 Å². The molecule has 27 heavy (non-hydrogen) atoms. The molecule has 2 aromatic rings. The molecule has 1 aliphatic carbocycles. The van der Waals surface area contributed by atoms with E-state index in [-0.39, 0.29) is 5.78 Å². The smallest absolute Gasteiger partial charge is 0.231 e. The van der Waals surface area contributed by atoms with Crippen LogP contribution in [-0.4, -0.2) is 28.4 Å². The number of aromatic nitrogens is 1. The van der Waals surface area contributed by atoms with Crippen LogP contribution >= 0.6 is 0 Å². The average Bonchev–Trinajstić information content (AvgIpc) is 3.33. The van der Waals surface area contributed by atoms with Crippen LogP contribution in [0, 0.1) is 6.92 Å². The average molecular weight is 362 g/mol. The molecule has 1 aromatic heterocycles. The first-order valence-corrected chi connectivity index (χ1v) is 9.58. The second-order valence-electron chi connectivity index (χ2n) is 7.55. The van der Waals surface area contributed by atoms with Crippen molar-refractivity contribution in [1.82, 2.24) is 9.88 Å². The Balaban J connectivity index is 1.48. The number of fused-ring (bicyclic) bond motifs is 2. The number of rotatable bonds is 2. The molecule has 1 aromatic carbocycles. The van der Waals surface area contributed by atoms with Crippen LogP contribution in [0.4, 0.5) is 0 Å². The summed E-state index contributed by atoms with van der Waals surface area (Å²) in [4.78, 5) is 19.3. The number of ether oxygens (including phenoxy) is 2. The van der Waals surface area contributed by atoms with E-state index in [1.54, 1.807) is 18.5 Å². The number of hydrogen-bond acceptors (Lipinski definition) is 5. The molecule has 0 spiro atoms. The Morgan fingerprint density at radius 3 is 2.74 bits per heavy atom. The zero-order valence-electron chi connectivity index (χ0n) is 15.4. The predicted octanol–water partition coefficient (Wildman–Crippen LogP) is 4.10. The minimum atomic E-state index is -0.0642. The fourth-order valence-electron chi connectivity index (χ4n) is 4.38. The van der Waals surface area contributed by atoms with E-state index >= 15 is 0 Å². The van der Waals surface area contributed by atoms with Crippen LogP contribution in [0.5, 0.6) is 11.5 Å². The summed E-state index contributed by atoms with van der Waals surface area (Å²) in [5, 5.41) is 0. The van der Waals surface area contributed by atoms with Gasteiger partial charge in [0.15, 0.2) is 5.76 Å². The third-order valence-electron chi connectivity index (χ3n) is 5.81. The lowest BCUT2D eigenvalue weighted by Crippen LogP contribution is -2.39. The maximum Gasteiger partial charge on any atom is 0.231 e. The minimum absolute atomic E-state index is 0.0642. The Labute approximate surface area is 158 Å². The van der Waals surface area contributed by atoms with Gasteiger partial charge in [0.1, 0.15) is 18.2 Å². The van der Waals surface area contributed by atoms with E-state index in [9.17, 15) is 4.79 Å². The molecule has 0 amide bonds. The highest BCUT2D eigenvalue weighted by Crippen LogP contribution is 2.43. The molecule has 0 atom stereocenters. The van der Waals surface area contributed by atoms with Crippen molar-refractivity contribution in [3.63, 3.8) is 0 Å². The van der Waals surface area contributed by atoms with Crippen molar-refractivity contribution < 1.29 is 14.3 Å². The summed E-state index contributed by atoms with van der Waals surface area (Å²) in [6.07, 6.45) is 10.3. The van der Waals surface area contributed by atoms with E-state index in [1.807, 2.05) is 25.1 Å². The van der Waals surface area contributed by atoms with Crippen molar-refractivity contribution in [2.24, 2.45) is 0 Å². The Bertz CT molecular complexity index is 930. The van der Waals surface area contributed by atoms with Crippen LogP contribution in [0.3, 0.4) is 0 Å². The van der Waals surface area contributed by atoms with Crippen LogP contribution < -0.4 is 9.47 Å². The summed E-state index contributed by atoms with van der Waals surface area (Å²) < 4.78 is 12.0. The first kappa shape index (κ1) is 16.5. The summed E-state index contributed by atoms with van der Waals surface area (Å²) in [6.45, 7) is 3.43. The topological polar surface area (TPSA) is 51.7 Å². The molecule has 3 aliphatic rings. The first-order valence-electron chi connectivity index (χ1n) is 9.58. The Morgan fingerprint density at radius 2 is 1.96 bits per heavy atom. The second-order valence-corrected chi connectivity index (χ2v) is 7.55. The van der Waals surface area contributed by atoms with Crippen molar-refractivity contribution in [3.05, 3.63) is 58.6 Å². The molecule has 0 unspecified atom stereocenters. The highest BCUT2D eigenvalue weighted by atomic mass is 16.5. The molecule has 138 valence electrons. The number of Topliss-reactive ketones (excluding diaryl/α,β-unsaturated/α-hetero) is 1. The highest BCUT2D eigenvalue weighted by Gasteiger charge is 2.35. The number of ketones is 1. The maximum absolute atomic E-state index is 12.9. The summed E-state index contributed by atoms with van der Waals surface area (Å²) in [5.41, 5.74) is 3.54. The zero-order valence-corrected chi connectivity index (χ0v) is 15.4. The van der Waals surface area contributed by atoms with E-state index in [0.29, 0.717) is 29.8 Å². The van der Waals surface area contributed by atoms with Crippen LogP contribution in [0.25, 0.3) is 6.08 Å². The number of nitrogens with zero attached hydrogens (tertiary/aromatic N) is 2. The third kappa shape index (κ3) is 2.82. The van der Waals surface area contributed by atoms with Crippen molar-refractivity contribution in [2.45, 2.75) is 45.2 Å². The Kier molecular flexibility index (Phi) is 3.97. The summed E-state index contributed by atoms with van der Waals surface area (Å²) in [5.74, 6) is 1.80. The van der Waals surface area contributed by atoms with Crippen molar-refractivity contribution in [3.8, 4) is 11.5 Å². The lowest BCUT2D eigenvalue weighted by molar-refractivity contribution is 0.0570. The molecular formula is C22H22N2O3. The number of pyridine rings is 1. The molecule has 5 nitrogen and oxygen atoms in total. The van der Waals surface area contributed by atoms with Crippen molar-refractivity contribution >= 4 is 11.9 Å². The largest absolute Gasteiger partial charge is 0.477 e. The second kappa shape index (κ2) is 6.50. The van der Waals surface area contributed by atoms with Gasteiger partial charge < -0.3 is 9.47 Å². The van der Waals surface area contributed by atoms with E-state index in [2.05, 4.69) is 9.88 Å². The molecule has 3 heterocycles. The van der Waals surface area contributed by atoms with Gasteiger partial charge in [-0.3, -0.25) is 14.7 Å². The van der Waals surface area contributed by atoms with Gasteiger partial charge in [0, 0.05) is 36.1 Å². The zero-order chi connectivity index (χ0) is 18.4. The van der Waals surface area contributed by atoms with E-state index < -0.39 is 0 Å². The van der Waals surface area contributed by atoms with Gasteiger partial charge in [0.2, 0.25) is 5.78 Å². The van der Waals surface area contributed by atoms with Crippen molar-refractivity contribution in [1.29, 1.82) is 0 Å². The normalized spacial score (nSPS) is 21.1. The van der Waals surface area contributed by atoms with Crippen LogP contribution in [0.1, 0.15) is 52.7 Å². The SMILES string of the molecule is Cc1c2c(cc3c1O/C(=C\c1ccncc1)C3=O)CN(C1CCCC1)CO2. The van der Waals surface area contributed by atoms with E-state index in [4.69, 9.17) is 9.47 Å². The molecule has 0 bridgehead atoms. The van der Waals surface area contributed by atoms with Crippen LogP contribution in [0.2, 0.25) is 0 Å². The van der Waals surface area contributed by atoms with Gasteiger partial charge >= 0.3 is 0 Å². The Morgan fingerprint density at radius 1 is 1.19 bits per heavy atom. The molecule has 0 saturated heterocycles. The fraction of sp³-hybridized carbons (Fsp3) is 0.364. The number of allylic oxidation sites excluding steroid dienone is 1. The quantitative estimate of drug-likeness (QED) is 0.753. The van der Waals surface area contributed by atoms with Gasteiger partial charge in [-0.05, 0) is 49.6 Å². The molecule has 0 radical (unpaired) electrons.